The summed E-state index contributed by atoms with van der Waals surface area (Å²) in [5.41, 5.74) is 2.32. The van der Waals surface area contributed by atoms with Crippen molar-refractivity contribution in [1.29, 1.82) is 0 Å². The van der Waals surface area contributed by atoms with E-state index in [0.717, 1.165) is 49.7 Å². The van der Waals surface area contributed by atoms with E-state index in [4.69, 9.17) is 19.2 Å². The quantitative estimate of drug-likeness (QED) is 0.217. The van der Waals surface area contributed by atoms with Crippen LogP contribution in [0.5, 0.6) is 0 Å². The molecule has 4 nitrogen and oxygen atoms in total. The Labute approximate surface area is 171 Å². The zero-order valence-corrected chi connectivity index (χ0v) is 18.2. The summed E-state index contributed by atoms with van der Waals surface area (Å²) in [7, 11) is 0. The van der Waals surface area contributed by atoms with Gasteiger partial charge in [0.15, 0.2) is 0 Å². The molecule has 2 rings (SSSR count). The molecule has 0 bridgehead atoms. The van der Waals surface area contributed by atoms with Gasteiger partial charge in [-0.05, 0) is 38.5 Å². The van der Waals surface area contributed by atoms with Crippen molar-refractivity contribution in [3.8, 4) is 0 Å². The fourth-order valence-corrected chi connectivity index (χ4v) is 3.46. The lowest BCUT2D eigenvalue weighted by atomic mass is 9.96. The fraction of sp³-hybridized carbons (Fsp3) is 0.667. The first-order chi connectivity index (χ1) is 13.7. The van der Waals surface area contributed by atoms with Gasteiger partial charge < -0.3 is 9.47 Å². The standard InChI is InChI=1S/C24H38O4/c1-5-9-11-13-19-15-21(7-3)23(25-17-19)27-28-24-22(8-4)16-20(18-26-24)14-12-10-6-2/h11-14,19-20H,5-10,15-18H2,1-4H3/b13-11-,14-12-. The van der Waals surface area contributed by atoms with Crippen molar-refractivity contribution in [2.24, 2.45) is 11.8 Å². The normalized spacial score (nSPS) is 23.3. The van der Waals surface area contributed by atoms with Crippen LogP contribution in [0, 0.1) is 11.8 Å². The minimum atomic E-state index is 0.417. The Morgan fingerprint density at radius 3 is 1.54 bits per heavy atom. The van der Waals surface area contributed by atoms with Crippen LogP contribution in [0.2, 0.25) is 0 Å². The topological polar surface area (TPSA) is 36.9 Å². The maximum atomic E-state index is 5.86. The molecule has 0 radical (unpaired) electrons. The van der Waals surface area contributed by atoms with Crippen molar-refractivity contribution in [2.45, 2.75) is 79.1 Å². The molecule has 0 saturated carbocycles. The molecule has 158 valence electrons. The van der Waals surface area contributed by atoms with E-state index in [1.807, 2.05) is 0 Å². The summed E-state index contributed by atoms with van der Waals surface area (Å²) < 4.78 is 11.7. The van der Waals surface area contributed by atoms with Crippen molar-refractivity contribution in [3.05, 3.63) is 47.3 Å². The first-order valence-electron chi connectivity index (χ1n) is 11.1. The first-order valence-corrected chi connectivity index (χ1v) is 11.1. The van der Waals surface area contributed by atoms with Crippen molar-refractivity contribution >= 4 is 0 Å². The zero-order valence-electron chi connectivity index (χ0n) is 18.2. The Bertz CT molecular complexity index is 533. The summed E-state index contributed by atoms with van der Waals surface area (Å²) in [6, 6.07) is 0. The highest BCUT2D eigenvalue weighted by Crippen LogP contribution is 2.31. The van der Waals surface area contributed by atoms with E-state index in [1.165, 1.54) is 12.8 Å². The molecule has 0 aliphatic carbocycles. The first kappa shape index (κ1) is 22.4. The minimum Gasteiger partial charge on any atom is -0.462 e. The van der Waals surface area contributed by atoms with Gasteiger partial charge in [-0.1, -0.05) is 64.8 Å². The van der Waals surface area contributed by atoms with Crippen LogP contribution in [0.25, 0.3) is 0 Å². The van der Waals surface area contributed by atoms with Crippen molar-refractivity contribution in [3.63, 3.8) is 0 Å². The van der Waals surface area contributed by atoms with E-state index in [-0.39, 0.29) is 0 Å². The van der Waals surface area contributed by atoms with Gasteiger partial charge in [0.25, 0.3) is 0 Å². The van der Waals surface area contributed by atoms with Crippen LogP contribution in [0.15, 0.2) is 47.3 Å². The third-order valence-corrected chi connectivity index (χ3v) is 5.23. The molecule has 0 aromatic carbocycles. The molecule has 2 aliphatic rings. The third kappa shape index (κ3) is 6.96. The van der Waals surface area contributed by atoms with Gasteiger partial charge >= 0.3 is 11.9 Å². The molecule has 0 saturated heterocycles. The van der Waals surface area contributed by atoms with Gasteiger partial charge in [-0.25, -0.2) is 9.78 Å². The van der Waals surface area contributed by atoms with Gasteiger partial charge in [0, 0.05) is 23.0 Å². The Kier molecular flexibility index (Phi) is 10.1. The van der Waals surface area contributed by atoms with Crippen molar-refractivity contribution in [1.82, 2.24) is 0 Å². The van der Waals surface area contributed by atoms with Crippen LogP contribution in [-0.2, 0) is 19.2 Å². The van der Waals surface area contributed by atoms with Crippen molar-refractivity contribution < 1.29 is 19.2 Å². The highest BCUT2D eigenvalue weighted by Gasteiger charge is 2.25. The number of rotatable bonds is 11. The number of allylic oxidation sites excluding steroid dienone is 4. The van der Waals surface area contributed by atoms with Gasteiger partial charge in [-0.15, -0.1) is 0 Å². The maximum Gasteiger partial charge on any atom is 0.329 e. The fourth-order valence-electron chi connectivity index (χ4n) is 3.46. The smallest absolute Gasteiger partial charge is 0.329 e. The van der Waals surface area contributed by atoms with E-state index in [9.17, 15) is 0 Å². The largest absolute Gasteiger partial charge is 0.462 e. The molecule has 0 amide bonds. The summed E-state index contributed by atoms with van der Waals surface area (Å²) in [5, 5.41) is 0. The predicted molar refractivity (Wildman–Crippen MR) is 113 cm³/mol. The molecule has 0 aromatic heterocycles. The van der Waals surface area contributed by atoms with E-state index in [2.05, 4.69) is 52.0 Å². The summed E-state index contributed by atoms with van der Waals surface area (Å²) in [5.74, 6) is 1.86. The monoisotopic (exact) mass is 390 g/mol. The van der Waals surface area contributed by atoms with E-state index < -0.39 is 0 Å². The lowest BCUT2D eigenvalue weighted by Gasteiger charge is -2.27. The summed E-state index contributed by atoms with van der Waals surface area (Å²) in [6.07, 6.45) is 17.3. The number of hydrogen-bond acceptors (Lipinski definition) is 4. The summed E-state index contributed by atoms with van der Waals surface area (Å²) in [6.45, 7) is 9.90. The molecule has 0 spiro atoms. The third-order valence-electron chi connectivity index (χ3n) is 5.23. The van der Waals surface area contributed by atoms with Gasteiger partial charge in [-0.3, -0.25) is 0 Å². The number of unbranched alkanes of at least 4 members (excludes halogenated alkanes) is 2. The maximum absolute atomic E-state index is 5.86. The average Bonchev–Trinajstić information content (AvgIpc) is 2.73. The molecular formula is C24H38O4. The second-order valence-corrected chi connectivity index (χ2v) is 7.64. The minimum absolute atomic E-state index is 0.417. The van der Waals surface area contributed by atoms with Gasteiger partial charge in [0.1, 0.15) is 0 Å². The molecule has 0 fully saturated rings. The van der Waals surface area contributed by atoms with E-state index >= 15 is 0 Å². The molecule has 2 atom stereocenters. The van der Waals surface area contributed by atoms with Crippen LogP contribution in [0.1, 0.15) is 79.1 Å². The molecule has 0 N–H and O–H groups in total. The van der Waals surface area contributed by atoms with Crippen LogP contribution >= 0.6 is 0 Å². The average molecular weight is 391 g/mol. The highest BCUT2D eigenvalue weighted by atomic mass is 17.2. The van der Waals surface area contributed by atoms with Crippen LogP contribution < -0.4 is 0 Å². The molecule has 28 heavy (non-hydrogen) atoms. The molecular weight excluding hydrogens is 352 g/mol. The number of hydrogen-bond donors (Lipinski definition) is 0. The lowest BCUT2D eigenvalue weighted by Crippen LogP contribution is -2.20. The lowest BCUT2D eigenvalue weighted by molar-refractivity contribution is -0.298. The Morgan fingerprint density at radius 2 is 1.18 bits per heavy atom. The van der Waals surface area contributed by atoms with E-state index in [0.29, 0.717) is 36.9 Å². The predicted octanol–water partition coefficient (Wildman–Crippen LogP) is 6.96. The summed E-state index contributed by atoms with van der Waals surface area (Å²) in [4.78, 5) is 11.2. The summed E-state index contributed by atoms with van der Waals surface area (Å²) >= 11 is 0. The second-order valence-electron chi connectivity index (χ2n) is 7.64. The molecule has 4 heteroatoms. The Hall–Kier alpha value is -1.84. The zero-order chi connectivity index (χ0) is 20.2. The van der Waals surface area contributed by atoms with Crippen LogP contribution in [0.4, 0.5) is 0 Å². The molecule has 2 aliphatic heterocycles. The van der Waals surface area contributed by atoms with Crippen LogP contribution in [-0.4, -0.2) is 13.2 Å². The SMILES string of the molecule is CCC/C=C\C1COC(OOC2=C(CC)CC(/C=C\CCC)CO2)=C(CC)C1. The van der Waals surface area contributed by atoms with Gasteiger partial charge in [0.05, 0.1) is 13.2 Å². The molecule has 2 heterocycles. The van der Waals surface area contributed by atoms with Gasteiger partial charge in [0.2, 0.25) is 0 Å². The number of ether oxygens (including phenoxy) is 2. The van der Waals surface area contributed by atoms with Crippen molar-refractivity contribution in [2.75, 3.05) is 13.2 Å². The Balaban J connectivity index is 1.94. The highest BCUT2D eigenvalue weighted by molar-refractivity contribution is 5.12. The van der Waals surface area contributed by atoms with Crippen LogP contribution in [0.3, 0.4) is 0 Å². The van der Waals surface area contributed by atoms with Gasteiger partial charge in [-0.2, -0.15) is 0 Å². The second kappa shape index (κ2) is 12.6. The molecule has 0 aromatic rings. The molecule has 2 unspecified atom stereocenters. The Morgan fingerprint density at radius 1 is 0.750 bits per heavy atom. The van der Waals surface area contributed by atoms with E-state index in [1.54, 1.807) is 0 Å².